The van der Waals surface area contributed by atoms with Gasteiger partial charge in [0.25, 0.3) is 5.91 Å². The van der Waals surface area contributed by atoms with Crippen LogP contribution in [0.1, 0.15) is 31.9 Å². The summed E-state index contributed by atoms with van der Waals surface area (Å²) in [5.41, 5.74) is 1.15. The minimum atomic E-state index is -1.05. The van der Waals surface area contributed by atoms with Crippen LogP contribution in [0.5, 0.6) is 0 Å². The highest BCUT2D eigenvalue weighted by Crippen LogP contribution is 2.18. The van der Waals surface area contributed by atoms with E-state index in [1.54, 1.807) is 24.3 Å². The smallest absolute Gasteiger partial charge is 0.309 e. The SMILES string of the molecule is CC(=O)N[C@H](CC(=O)O[C@H](C)C(=O)Nc1ccc(F)cc1)c1ccccc1. The van der Waals surface area contributed by atoms with Crippen LogP contribution in [0.15, 0.2) is 54.6 Å². The van der Waals surface area contributed by atoms with Crippen LogP contribution in [0.4, 0.5) is 10.1 Å². The summed E-state index contributed by atoms with van der Waals surface area (Å²) in [6, 6.07) is 13.7. The molecule has 27 heavy (non-hydrogen) atoms. The zero-order valence-corrected chi connectivity index (χ0v) is 15.1. The van der Waals surface area contributed by atoms with Gasteiger partial charge in [0.1, 0.15) is 5.82 Å². The summed E-state index contributed by atoms with van der Waals surface area (Å²) in [7, 11) is 0. The number of rotatable bonds is 7. The number of carbonyl (C=O) groups excluding carboxylic acids is 3. The van der Waals surface area contributed by atoms with Crippen LogP contribution in [-0.4, -0.2) is 23.9 Å². The first kappa shape index (κ1) is 20.1. The molecule has 0 aromatic heterocycles. The van der Waals surface area contributed by atoms with E-state index in [0.29, 0.717) is 5.69 Å². The zero-order chi connectivity index (χ0) is 19.8. The first-order valence-corrected chi connectivity index (χ1v) is 8.43. The predicted octanol–water partition coefficient (Wildman–Crippen LogP) is 2.96. The molecule has 0 saturated heterocycles. The maximum Gasteiger partial charge on any atom is 0.309 e. The highest BCUT2D eigenvalue weighted by atomic mass is 19.1. The van der Waals surface area contributed by atoms with Crippen LogP contribution in [0.2, 0.25) is 0 Å². The molecule has 0 aliphatic heterocycles. The van der Waals surface area contributed by atoms with E-state index in [4.69, 9.17) is 4.74 Å². The minimum absolute atomic E-state index is 0.113. The van der Waals surface area contributed by atoms with E-state index in [2.05, 4.69) is 10.6 Å². The van der Waals surface area contributed by atoms with Crippen molar-refractivity contribution in [3.05, 3.63) is 66.0 Å². The largest absolute Gasteiger partial charge is 0.452 e. The van der Waals surface area contributed by atoms with Crippen molar-refractivity contribution in [2.75, 3.05) is 5.32 Å². The van der Waals surface area contributed by atoms with Crippen molar-refractivity contribution < 1.29 is 23.5 Å². The highest BCUT2D eigenvalue weighted by Gasteiger charge is 2.22. The van der Waals surface area contributed by atoms with Crippen molar-refractivity contribution in [2.24, 2.45) is 0 Å². The Kier molecular flexibility index (Phi) is 7.05. The van der Waals surface area contributed by atoms with Crippen LogP contribution < -0.4 is 10.6 Å². The molecule has 2 amide bonds. The average Bonchev–Trinajstić information content (AvgIpc) is 2.63. The molecular formula is C20H21FN2O4. The Morgan fingerprint density at radius 1 is 1.04 bits per heavy atom. The van der Waals surface area contributed by atoms with Crippen molar-refractivity contribution in [1.29, 1.82) is 0 Å². The Balaban J connectivity index is 1.94. The lowest BCUT2D eigenvalue weighted by Crippen LogP contribution is -2.33. The molecule has 2 rings (SSSR count). The lowest BCUT2D eigenvalue weighted by Gasteiger charge is -2.19. The van der Waals surface area contributed by atoms with Gasteiger partial charge in [0.15, 0.2) is 6.10 Å². The number of hydrogen-bond acceptors (Lipinski definition) is 4. The van der Waals surface area contributed by atoms with Crippen molar-refractivity contribution in [1.82, 2.24) is 5.32 Å². The Hall–Kier alpha value is -3.22. The van der Waals surface area contributed by atoms with E-state index in [-0.39, 0.29) is 12.3 Å². The molecule has 6 nitrogen and oxygen atoms in total. The summed E-state index contributed by atoms with van der Waals surface area (Å²) in [6.45, 7) is 2.80. The van der Waals surface area contributed by atoms with Crippen molar-refractivity contribution >= 4 is 23.5 Å². The normalized spacial score (nSPS) is 12.6. The predicted molar refractivity (Wildman–Crippen MR) is 98.2 cm³/mol. The molecular weight excluding hydrogens is 351 g/mol. The summed E-state index contributed by atoms with van der Waals surface area (Å²) < 4.78 is 18.1. The fraction of sp³-hybridized carbons (Fsp3) is 0.250. The maximum atomic E-state index is 12.9. The third-order valence-electron chi connectivity index (χ3n) is 3.74. The number of anilines is 1. The maximum absolute atomic E-state index is 12.9. The lowest BCUT2D eigenvalue weighted by molar-refractivity contribution is -0.153. The van der Waals surface area contributed by atoms with Gasteiger partial charge < -0.3 is 15.4 Å². The molecule has 0 heterocycles. The molecule has 0 unspecified atom stereocenters. The second kappa shape index (κ2) is 9.47. The second-order valence-corrected chi connectivity index (χ2v) is 6.00. The number of benzene rings is 2. The van der Waals surface area contributed by atoms with Crippen molar-refractivity contribution in [2.45, 2.75) is 32.4 Å². The first-order valence-electron chi connectivity index (χ1n) is 8.43. The Bertz CT molecular complexity index is 793. The zero-order valence-electron chi connectivity index (χ0n) is 15.1. The average molecular weight is 372 g/mol. The number of esters is 1. The van der Waals surface area contributed by atoms with Crippen LogP contribution in [0, 0.1) is 5.82 Å². The van der Waals surface area contributed by atoms with Gasteiger partial charge >= 0.3 is 5.97 Å². The van der Waals surface area contributed by atoms with Crippen LogP contribution in [-0.2, 0) is 19.1 Å². The second-order valence-electron chi connectivity index (χ2n) is 6.00. The molecule has 2 aromatic carbocycles. The molecule has 2 atom stereocenters. The molecule has 0 aliphatic rings. The minimum Gasteiger partial charge on any atom is -0.452 e. The topological polar surface area (TPSA) is 84.5 Å². The lowest BCUT2D eigenvalue weighted by atomic mass is 10.0. The van der Waals surface area contributed by atoms with Gasteiger partial charge in [0, 0.05) is 12.6 Å². The molecule has 142 valence electrons. The van der Waals surface area contributed by atoms with Gasteiger partial charge in [-0.1, -0.05) is 30.3 Å². The number of halogens is 1. The number of ether oxygens (including phenoxy) is 1. The molecule has 0 radical (unpaired) electrons. The number of carbonyl (C=O) groups is 3. The van der Waals surface area contributed by atoms with Gasteiger partial charge in [-0.05, 0) is 36.8 Å². The van der Waals surface area contributed by atoms with Crippen molar-refractivity contribution in [3.8, 4) is 0 Å². The summed E-state index contributed by atoms with van der Waals surface area (Å²) >= 11 is 0. The molecule has 0 aliphatic carbocycles. The van der Waals surface area contributed by atoms with E-state index >= 15 is 0 Å². The van der Waals surface area contributed by atoms with Gasteiger partial charge in [-0.3, -0.25) is 14.4 Å². The summed E-state index contributed by atoms with van der Waals surface area (Å²) in [5.74, 6) is -1.86. The van der Waals surface area contributed by atoms with E-state index in [1.165, 1.54) is 38.1 Å². The third kappa shape index (κ3) is 6.54. The number of nitrogens with one attached hydrogen (secondary N) is 2. The Morgan fingerprint density at radius 3 is 2.26 bits per heavy atom. The van der Waals surface area contributed by atoms with Gasteiger partial charge in [0.2, 0.25) is 5.91 Å². The van der Waals surface area contributed by atoms with Gasteiger partial charge in [0.05, 0.1) is 12.5 Å². The van der Waals surface area contributed by atoms with E-state index in [9.17, 15) is 18.8 Å². The Morgan fingerprint density at radius 2 is 1.67 bits per heavy atom. The van der Waals surface area contributed by atoms with E-state index in [0.717, 1.165) is 5.56 Å². The van der Waals surface area contributed by atoms with Crippen LogP contribution in [0.3, 0.4) is 0 Å². The number of hydrogen-bond donors (Lipinski definition) is 2. The number of amides is 2. The van der Waals surface area contributed by atoms with E-state index < -0.39 is 29.8 Å². The molecule has 0 bridgehead atoms. The Labute approximate surface area is 156 Å². The molecule has 7 heteroatoms. The molecule has 2 N–H and O–H groups in total. The van der Waals surface area contributed by atoms with Crippen molar-refractivity contribution in [3.63, 3.8) is 0 Å². The first-order chi connectivity index (χ1) is 12.8. The van der Waals surface area contributed by atoms with Gasteiger partial charge in [-0.25, -0.2) is 4.39 Å². The molecule has 0 fully saturated rings. The third-order valence-corrected chi connectivity index (χ3v) is 3.74. The van der Waals surface area contributed by atoms with Crippen LogP contribution >= 0.6 is 0 Å². The summed E-state index contributed by atoms with van der Waals surface area (Å²) in [5, 5.41) is 5.24. The van der Waals surface area contributed by atoms with Gasteiger partial charge in [-0.15, -0.1) is 0 Å². The fourth-order valence-electron chi connectivity index (χ4n) is 2.43. The monoisotopic (exact) mass is 372 g/mol. The van der Waals surface area contributed by atoms with Crippen LogP contribution in [0.25, 0.3) is 0 Å². The summed E-state index contributed by atoms with van der Waals surface area (Å²) in [4.78, 5) is 35.7. The quantitative estimate of drug-likeness (QED) is 0.732. The van der Waals surface area contributed by atoms with Gasteiger partial charge in [-0.2, -0.15) is 0 Å². The standard InChI is InChI=1S/C20H21FN2O4/c1-13(20(26)23-17-10-8-16(21)9-11-17)27-19(25)12-18(22-14(2)24)15-6-4-3-5-7-15/h3-11,13,18H,12H2,1-2H3,(H,22,24)(H,23,26)/t13-,18-/m1/s1. The molecule has 0 spiro atoms. The molecule has 2 aromatic rings. The fourth-order valence-corrected chi connectivity index (χ4v) is 2.43. The summed E-state index contributed by atoms with van der Waals surface area (Å²) in [6.07, 6.45) is -1.16. The molecule has 0 saturated carbocycles. The highest BCUT2D eigenvalue weighted by molar-refractivity contribution is 5.95. The van der Waals surface area contributed by atoms with E-state index in [1.807, 2.05) is 6.07 Å².